The first-order chi connectivity index (χ1) is 31.7. The van der Waals surface area contributed by atoms with Crippen LogP contribution in [0, 0.1) is 0 Å². The van der Waals surface area contributed by atoms with Crippen LogP contribution in [0.4, 0.5) is 28.4 Å². The lowest BCUT2D eigenvalue weighted by atomic mass is 9.84. The van der Waals surface area contributed by atoms with Crippen molar-refractivity contribution in [3.63, 3.8) is 0 Å². The molecule has 10 aromatic rings. The van der Waals surface area contributed by atoms with E-state index in [2.05, 4.69) is 240 Å². The lowest BCUT2D eigenvalue weighted by Crippen LogP contribution is -2.18. The number of para-hydroxylation sites is 3. The zero-order valence-electron chi connectivity index (χ0n) is 35.2. The summed E-state index contributed by atoms with van der Waals surface area (Å²) in [6, 6.07) is 72.2. The van der Waals surface area contributed by atoms with Gasteiger partial charge >= 0.3 is 0 Å². The van der Waals surface area contributed by atoms with Crippen LogP contribution in [0.5, 0.6) is 0 Å². The maximum absolute atomic E-state index is 2.50. The molecule has 1 aliphatic carbocycles. The second kappa shape index (κ2) is 14.7. The zero-order valence-corrected chi connectivity index (χ0v) is 35.2. The Morgan fingerprint density at radius 2 is 0.781 bits per heavy atom. The second-order valence-electron chi connectivity index (χ2n) is 17.2. The third-order valence-corrected chi connectivity index (χ3v) is 13.5. The molecule has 0 spiro atoms. The number of hydrogen-bond donors (Lipinski definition) is 0. The van der Waals surface area contributed by atoms with Crippen molar-refractivity contribution >= 4 is 89.8 Å². The van der Waals surface area contributed by atoms with Gasteiger partial charge in [0.05, 0.1) is 17.1 Å². The highest BCUT2D eigenvalue weighted by molar-refractivity contribution is 6.23. The minimum Gasteiger partial charge on any atom is -0.310 e. The average Bonchev–Trinajstić information content (AvgIpc) is 3.63. The molecule has 0 saturated heterocycles. The number of anilines is 5. The maximum atomic E-state index is 2.50. The van der Waals surface area contributed by atoms with Crippen molar-refractivity contribution in [2.45, 2.75) is 12.8 Å². The summed E-state index contributed by atoms with van der Waals surface area (Å²) >= 11 is 0. The predicted molar refractivity (Wildman–Crippen MR) is 274 cm³/mol. The molecule has 0 N–H and O–H groups in total. The van der Waals surface area contributed by atoms with Crippen LogP contribution >= 0.6 is 0 Å². The largest absolute Gasteiger partial charge is 0.310 e. The SMILES string of the molecule is C1=CC2=C(C=Cc3ccccc3N2c2ccc3c(-c4ccc5ccccc5c4)c4cc(N5c6ccccc6C=Cc6ccccc65)ccc4c(-c4ccc5ccccc5c4)c3c2)CC1. The van der Waals surface area contributed by atoms with Crippen LogP contribution in [0.15, 0.2) is 224 Å². The van der Waals surface area contributed by atoms with Crippen LogP contribution in [0.3, 0.4) is 0 Å². The molecule has 3 aliphatic rings. The molecule has 2 aliphatic heterocycles. The van der Waals surface area contributed by atoms with Crippen LogP contribution in [-0.4, -0.2) is 0 Å². The molecule has 0 radical (unpaired) electrons. The fraction of sp³-hybridized carbons (Fsp3) is 0.0323. The number of allylic oxidation sites excluding steroid dienone is 4. The van der Waals surface area contributed by atoms with Gasteiger partial charge < -0.3 is 9.80 Å². The maximum Gasteiger partial charge on any atom is 0.0534 e. The number of nitrogens with zero attached hydrogens (tertiary/aromatic N) is 2. The molecule has 0 saturated carbocycles. The molecule has 0 fully saturated rings. The van der Waals surface area contributed by atoms with Gasteiger partial charge in [-0.05, 0) is 161 Å². The van der Waals surface area contributed by atoms with Gasteiger partial charge in [0.2, 0.25) is 0 Å². The molecule has 0 aromatic heterocycles. The van der Waals surface area contributed by atoms with Crippen molar-refractivity contribution in [2.24, 2.45) is 0 Å². The predicted octanol–water partition coefficient (Wildman–Crippen LogP) is 17.4. The summed E-state index contributed by atoms with van der Waals surface area (Å²) in [5.74, 6) is 0. The van der Waals surface area contributed by atoms with E-state index in [1.54, 1.807) is 0 Å². The monoisotopic (exact) mass is 814 g/mol. The molecule has 0 unspecified atom stereocenters. The standard InChI is InChI=1S/C62H42N2/c1-3-19-47-37-49(31-25-41(47)13-1)61-53-35-33-52(64-59-23-11-7-17-45(59)29-30-46-18-8-12-24-60(46)64)40-56(53)62(50-32-26-42-14-2-4-20-48(42)38-50)54-36-34-51(39-55(54)61)63-57-21-9-5-15-43(57)27-28-44-16-6-10-22-58(44)63/h1-7,9-17,19-40H,8,18H2. The summed E-state index contributed by atoms with van der Waals surface area (Å²) in [5.41, 5.74) is 16.9. The molecular weight excluding hydrogens is 773 g/mol. The van der Waals surface area contributed by atoms with Crippen molar-refractivity contribution in [3.05, 3.63) is 240 Å². The highest BCUT2D eigenvalue weighted by Gasteiger charge is 2.26. The number of fused-ring (bicyclic) bond motifs is 7. The van der Waals surface area contributed by atoms with E-state index < -0.39 is 0 Å². The number of benzene rings is 10. The molecule has 0 bridgehead atoms. The summed E-state index contributed by atoms with van der Waals surface area (Å²) in [5, 5.41) is 9.81. The summed E-state index contributed by atoms with van der Waals surface area (Å²) in [7, 11) is 0. The highest BCUT2D eigenvalue weighted by Crippen LogP contribution is 2.50. The van der Waals surface area contributed by atoms with E-state index in [1.165, 1.54) is 99.0 Å². The Kier molecular flexibility index (Phi) is 8.39. The van der Waals surface area contributed by atoms with Gasteiger partial charge in [-0.2, -0.15) is 0 Å². The minimum atomic E-state index is 1.02. The minimum absolute atomic E-state index is 1.02. The third kappa shape index (κ3) is 5.87. The summed E-state index contributed by atoms with van der Waals surface area (Å²) in [4.78, 5) is 4.94. The Labute approximate surface area is 373 Å². The van der Waals surface area contributed by atoms with Crippen LogP contribution in [0.2, 0.25) is 0 Å². The Morgan fingerprint density at radius 3 is 1.33 bits per heavy atom. The molecule has 2 heterocycles. The quantitative estimate of drug-likeness (QED) is 0.163. The first-order valence-electron chi connectivity index (χ1n) is 22.4. The molecule has 2 nitrogen and oxygen atoms in total. The van der Waals surface area contributed by atoms with Gasteiger partial charge in [-0.25, -0.2) is 0 Å². The van der Waals surface area contributed by atoms with Crippen molar-refractivity contribution < 1.29 is 0 Å². The molecule has 10 aromatic carbocycles. The van der Waals surface area contributed by atoms with Gasteiger partial charge in [0.15, 0.2) is 0 Å². The summed E-state index contributed by atoms with van der Waals surface area (Å²) in [6.45, 7) is 0. The molecule has 2 heteroatoms. The Morgan fingerprint density at radius 1 is 0.328 bits per heavy atom. The smallest absolute Gasteiger partial charge is 0.0534 e. The van der Waals surface area contributed by atoms with Gasteiger partial charge in [-0.1, -0.05) is 170 Å². The normalized spacial score (nSPS) is 14.1. The second-order valence-corrected chi connectivity index (χ2v) is 17.2. The Hall–Kier alpha value is -8.20. The average molecular weight is 815 g/mol. The van der Waals surface area contributed by atoms with Gasteiger partial charge in [-0.3, -0.25) is 0 Å². The van der Waals surface area contributed by atoms with E-state index in [1.807, 2.05) is 0 Å². The van der Waals surface area contributed by atoms with Crippen LogP contribution in [0.25, 0.3) is 83.6 Å². The molecular formula is C62H42N2. The molecule has 0 amide bonds. The van der Waals surface area contributed by atoms with E-state index in [4.69, 9.17) is 0 Å². The Bertz CT molecular complexity index is 3640. The van der Waals surface area contributed by atoms with Crippen LogP contribution in [-0.2, 0) is 0 Å². The van der Waals surface area contributed by atoms with E-state index in [-0.39, 0.29) is 0 Å². The highest BCUT2D eigenvalue weighted by atomic mass is 15.2. The van der Waals surface area contributed by atoms with E-state index >= 15 is 0 Å². The van der Waals surface area contributed by atoms with Crippen molar-refractivity contribution in [2.75, 3.05) is 9.80 Å². The van der Waals surface area contributed by atoms with E-state index in [0.29, 0.717) is 0 Å². The molecule has 300 valence electrons. The zero-order chi connectivity index (χ0) is 42.1. The fourth-order valence-corrected chi connectivity index (χ4v) is 10.5. The first kappa shape index (κ1) is 36.5. The van der Waals surface area contributed by atoms with E-state index in [9.17, 15) is 0 Å². The van der Waals surface area contributed by atoms with Crippen LogP contribution < -0.4 is 9.80 Å². The van der Waals surface area contributed by atoms with Gasteiger partial charge in [0.25, 0.3) is 0 Å². The summed E-state index contributed by atoms with van der Waals surface area (Å²) in [6.07, 6.45) is 15.9. The lowest BCUT2D eigenvalue weighted by Gasteiger charge is -2.30. The van der Waals surface area contributed by atoms with Gasteiger partial charge in [0.1, 0.15) is 0 Å². The van der Waals surface area contributed by atoms with Crippen LogP contribution in [0.1, 0.15) is 29.5 Å². The molecule has 13 rings (SSSR count). The Balaban J connectivity index is 1.15. The molecule has 0 atom stereocenters. The van der Waals surface area contributed by atoms with Gasteiger partial charge in [-0.15, -0.1) is 0 Å². The third-order valence-electron chi connectivity index (χ3n) is 13.5. The fourth-order valence-electron chi connectivity index (χ4n) is 10.5. The van der Waals surface area contributed by atoms with Crippen molar-refractivity contribution in [1.29, 1.82) is 0 Å². The molecule has 64 heavy (non-hydrogen) atoms. The van der Waals surface area contributed by atoms with E-state index in [0.717, 1.165) is 35.6 Å². The topological polar surface area (TPSA) is 6.48 Å². The summed E-state index contributed by atoms with van der Waals surface area (Å²) < 4.78 is 0. The number of rotatable bonds is 4. The number of hydrogen-bond acceptors (Lipinski definition) is 2. The van der Waals surface area contributed by atoms with Crippen molar-refractivity contribution in [1.82, 2.24) is 0 Å². The van der Waals surface area contributed by atoms with Crippen molar-refractivity contribution in [3.8, 4) is 22.3 Å². The lowest BCUT2D eigenvalue weighted by molar-refractivity contribution is 0.955. The first-order valence-corrected chi connectivity index (χ1v) is 22.4. The van der Waals surface area contributed by atoms with Gasteiger partial charge in [0, 0.05) is 17.1 Å².